The van der Waals surface area contributed by atoms with Crippen LogP contribution in [0.15, 0.2) is 30.5 Å². The minimum atomic E-state index is 0.0420. The van der Waals surface area contributed by atoms with Gasteiger partial charge in [0.05, 0.1) is 6.61 Å². The molecule has 2 rings (SSSR count). The Bertz CT molecular complexity index is 592. The molecule has 0 aliphatic heterocycles. The molecule has 0 saturated carbocycles. The summed E-state index contributed by atoms with van der Waals surface area (Å²) < 4.78 is 6.98. The van der Waals surface area contributed by atoms with E-state index in [-0.39, 0.29) is 5.91 Å². The molecule has 1 aromatic carbocycles. The van der Waals surface area contributed by atoms with Crippen molar-refractivity contribution in [2.75, 3.05) is 26.8 Å². The molecule has 1 aromatic heterocycles. The number of likely N-dealkylation sites (N-methyl/N-ethyl adjacent to an activating group) is 1. The number of nitrogens with one attached hydrogen (secondary N) is 2. The number of carbonyl (C=O) groups excluding carboxylic acids is 1. The first-order valence-electron chi connectivity index (χ1n) is 7.28. The molecule has 5 nitrogen and oxygen atoms in total. The Kier molecular flexibility index (Phi) is 5.78. The van der Waals surface area contributed by atoms with E-state index in [0.29, 0.717) is 19.7 Å². The molecule has 2 N–H and O–H groups in total. The molecule has 1 amide bonds. The first-order chi connectivity index (χ1) is 10.2. The van der Waals surface area contributed by atoms with Crippen LogP contribution in [0.5, 0.6) is 0 Å². The van der Waals surface area contributed by atoms with Crippen LogP contribution in [0.4, 0.5) is 0 Å². The van der Waals surface area contributed by atoms with Gasteiger partial charge in [-0.05, 0) is 36.1 Å². The van der Waals surface area contributed by atoms with Crippen LogP contribution in [-0.2, 0) is 22.6 Å². The third kappa shape index (κ3) is 4.31. The minimum absolute atomic E-state index is 0.0420. The van der Waals surface area contributed by atoms with Gasteiger partial charge in [0.15, 0.2) is 0 Å². The van der Waals surface area contributed by atoms with Gasteiger partial charge in [0, 0.05) is 38.5 Å². The van der Waals surface area contributed by atoms with Crippen LogP contribution < -0.4 is 10.6 Å². The number of methoxy groups -OCH3 is 1. The number of amides is 1. The first kappa shape index (κ1) is 15.5. The van der Waals surface area contributed by atoms with E-state index in [1.807, 2.05) is 23.8 Å². The van der Waals surface area contributed by atoms with Crippen LogP contribution in [0.1, 0.15) is 12.5 Å². The van der Waals surface area contributed by atoms with Crippen molar-refractivity contribution in [2.45, 2.75) is 20.0 Å². The average Bonchev–Trinajstić information content (AvgIpc) is 2.86. The van der Waals surface area contributed by atoms with Crippen LogP contribution >= 0.6 is 0 Å². The van der Waals surface area contributed by atoms with E-state index in [4.69, 9.17) is 4.74 Å². The topological polar surface area (TPSA) is 55.3 Å². The fourth-order valence-electron chi connectivity index (χ4n) is 2.31. The summed E-state index contributed by atoms with van der Waals surface area (Å²) in [6.45, 7) is 5.32. The van der Waals surface area contributed by atoms with Gasteiger partial charge in [0.1, 0.15) is 6.54 Å². The zero-order chi connectivity index (χ0) is 15.1. The summed E-state index contributed by atoms with van der Waals surface area (Å²) in [5.74, 6) is 0.0420. The van der Waals surface area contributed by atoms with Gasteiger partial charge in [-0.3, -0.25) is 4.79 Å². The molecule has 0 aliphatic rings. The summed E-state index contributed by atoms with van der Waals surface area (Å²) in [5.41, 5.74) is 2.32. The van der Waals surface area contributed by atoms with E-state index in [1.165, 1.54) is 5.56 Å². The van der Waals surface area contributed by atoms with Crippen LogP contribution in [0.3, 0.4) is 0 Å². The summed E-state index contributed by atoms with van der Waals surface area (Å²) in [6, 6.07) is 8.37. The lowest BCUT2D eigenvalue weighted by molar-refractivity contribution is -0.121. The number of fused-ring (bicyclic) bond motifs is 1. The third-order valence-electron chi connectivity index (χ3n) is 3.34. The SMILES string of the molecule is CCNC(=O)Cn1ccc2cc(CNCCOC)ccc21. The monoisotopic (exact) mass is 289 g/mol. The average molecular weight is 289 g/mol. The Morgan fingerprint density at radius 3 is 2.95 bits per heavy atom. The molecular weight excluding hydrogens is 266 g/mol. The quantitative estimate of drug-likeness (QED) is 0.724. The van der Waals surface area contributed by atoms with E-state index in [2.05, 4.69) is 28.8 Å². The van der Waals surface area contributed by atoms with E-state index in [9.17, 15) is 4.79 Å². The summed E-state index contributed by atoms with van der Waals surface area (Å²) >= 11 is 0. The van der Waals surface area contributed by atoms with Gasteiger partial charge in [0.25, 0.3) is 0 Å². The van der Waals surface area contributed by atoms with E-state index >= 15 is 0 Å². The lowest BCUT2D eigenvalue weighted by Crippen LogP contribution is -2.26. The molecule has 114 valence electrons. The van der Waals surface area contributed by atoms with Crippen molar-refractivity contribution < 1.29 is 9.53 Å². The highest BCUT2D eigenvalue weighted by Gasteiger charge is 2.06. The van der Waals surface area contributed by atoms with Gasteiger partial charge in [-0.25, -0.2) is 0 Å². The molecule has 0 spiro atoms. The van der Waals surface area contributed by atoms with Crippen molar-refractivity contribution in [3.05, 3.63) is 36.0 Å². The lowest BCUT2D eigenvalue weighted by Gasteiger charge is -2.07. The van der Waals surface area contributed by atoms with E-state index < -0.39 is 0 Å². The maximum Gasteiger partial charge on any atom is 0.239 e. The molecule has 1 heterocycles. The van der Waals surface area contributed by atoms with Crippen LogP contribution in [0, 0.1) is 0 Å². The fraction of sp³-hybridized carbons (Fsp3) is 0.438. The maximum absolute atomic E-state index is 11.7. The van der Waals surface area contributed by atoms with Gasteiger partial charge >= 0.3 is 0 Å². The van der Waals surface area contributed by atoms with Crippen molar-refractivity contribution in [3.63, 3.8) is 0 Å². The molecule has 2 aromatic rings. The predicted molar refractivity (Wildman–Crippen MR) is 84.2 cm³/mol. The normalized spacial score (nSPS) is 11.0. The maximum atomic E-state index is 11.7. The lowest BCUT2D eigenvalue weighted by atomic mass is 10.1. The molecule has 0 saturated heterocycles. The number of hydrogen-bond donors (Lipinski definition) is 2. The molecule has 0 aliphatic carbocycles. The molecular formula is C16H23N3O2. The van der Waals surface area contributed by atoms with Crippen molar-refractivity contribution in [3.8, 4) is 0 Å². The summed E-state index contributed by atoms with van der Waals surface area (Å²) in [7, 11) is 1.70. The Balaban J connectivity index is 2.02. The van der Waals surface area contributed by atoms with Crippen LogP contribution in [0.25, 0.3) is 10.9 Å². The number of aromatic nitrogens is 1. The predicted octanol–water partition coefficient (Wildman–Crippen LogP) is 1.51. The van der Waals surface area contributed by atoms with Crippen LogP contribution in [0.2, 0.25) is 0 Å². The smallest absolute Gasteiger partial charge is 0.239 e. The van der Waals surface area contributed by atoms with E-state index in [1.54, 1.807) is 7.11 Å². The standard InChI is InChI=1S/C16H23N3O2/c1-3-18-16(20)12-19-8-6-14-10-13(4-5-15(14)19)11-17-7-9-21-2/h4-6,8,10,17H,3,7,9,11-12H2,1-2H3,(H,18,20). The minimum Gasteiger partial charge on any atom is -0.383 e. The van der Waals surface area contributed by atoms with Gasteiger partial charge in [0.2, 0.25) is 5.91 Å². The van der Waals surface area contributed by atoms with Gasteiger partial charge < -0.3 is 19.9 Å². The zero-order valence-corrected chi connectivity index (χ0v) is 12.7. The van der Waals surface area contributed by atoms with Crippen LogP contribution in [-0.4, -0.2) is 37.3 Å². The van der Waals surface area contributed by atoms with Gasteiger partial charge in [-0.1, -0.05) is 6.07 Å². The summed E-state index contributed by atoms with van der Waals surface area (Å²) in [4.78, 5) is 11.7. The second-order valence-corrected chi connectivity index (χ2v) is 4.96. The van der Waals surface area contributed by atoms with Crippen molar-refractivity contribution in [1.29, 1.82) is 0 Å². The van der Waals surface area contributed by atoms with Gasteiger partial charge in [-0.15, -0.1) is 0 Å². The molecule has 0 unspecified atom stereocenters. The molecule has 0 radical (unpaired) electrons. The fourth-order valence-corrected chi connectivity index (χ4v) is 2.31. The summed E-state index contributed by atoms with van der Waals surface area (Å²) in [6.07, 6.45) is 1.96. The second kappa shape index (κ2) is 7.81. The first-order valence-corrected chi connectivity index (χ1v) is 7.28. The highest BCUT2D eigenvalue weighted by molar-refractivity contribution is 5.83. The molecule has 0 bridgehead atoms. The van der Waals surface area contributed by atoms with E-state index in [0.717, 1.165) is 24.0 Å². The Morgan fingerprint density at radius 2 is 2.19 bits per heavy atom. The Labute approximate surface area is 125 Å². The number of ether oxygens (including phenoxy) is 1. The largest absolute Gasteiger partial charge is 0.383 e. The number of rotatable bonds is 8. The molecule has 5 heteroatoms. The zero-order valence-electron chi connectivity index (χ0n) is 12.7. The molecule has 21 heavy (non-hydrogen) atoms. The Hall–Kier alpha value is -1.85. The van der Waals surface area contributed by atoms with Gasteiger partial charge in [-0.2, -0.15) is 0 Å². The van der Waals surface area contributed by atoms with Crippen molar-refractivity contribution >= 4 is 16.8 Å². The Morgan fingerprint density at radius 1 is 1.33 bits per heavy atom. The number of hydrogen-bond acceptors (Lipinski definition) is 3. The number of benzene rings is 1. The highest BCUT2D eigenvalue weighted by Crippen LogP contribution is 2.17. The van der Waals surface area contributed by atoms with Crippen molar-refractivity contribution in [2.24, 2.45) is 0 Å². The molecule has 0 fully saturated rings. The summed E-state index contributed by atoms with van der Waals surface area (Å²) in [5, 5.41) is 7.30. The van der Waals surface area contributed by atoms with Crippen molar-refractivity contribution in [1.82, 2.24) is 15.2 Å². The molecule has 0 atom stereocenters. The number of carbonyl (C=O) groups is 1. The number of nitrogens with zero attached hydrogens (tertiary/aromatic N) is 1. The second-order valence-electron chi connectivity index (χ2n) is 4.96. The highest BCUT2D eigenvalue weighted by atomic mass is 16.5. The third-order valence-corrected chi connectivity index (χ3v) is 3.34.